The molecule has 0 atom stereocenters. The minimum absolute atomic E-state index is 0.0767. The molecule has 10 heteroatoms. The molecule has 1 aromatic heterocycles. The highest BCUT2D eigenvalue weighted by Gasteiger charge is 2.14. The summed E-state index contributed by atoms with van der Waals surface area (Å²) in [7, 11) is 1.45. The van der Waals surface area contributed by atoms with Crippen molar-refractivity contribution in [2.24, 2.45) is 0 Å². The van der Waals surface area contributed by atoms with E-state index in [1.165, 1.54) is 18.8 Å². The third kappa shape index (κ3) is 5.64. The maximum Gasteiger partial charge on any atom is 0.321 e. The summed E-state index contributed by atoms with van der Waals surface area (Å²) < 4.78 is 1.91. The number of nitrogens with zero attached hydrogens (tertiary/aromatic N) is 3. The molecule has 0 bridgehead atoms. The number of hydrogen-bond acceptors (Lipinski definition) is 6. The monoisotopic (exact) mass is 382 g/mol. The third-order valence-corrected chi connectivity index (χ3v) is 4.40. The van der Waals surface area contributed by atoms with Gasteiger partial charge in [-0.2, -0.15) is 0 Å². The lowest BCUT2D eigenvalue weighted by atomic mass is 10.3. The minimum Gasteiger partial charge on any atom is -0.378 e. The Hall–Kier alpha value is -2.26. The van der Waals surface area contributed by atoms with Crippen molar-refractivity contribution >= 4 is 41.0 Å². The number of nitrogens with one attached hydrogen (secondary N) is 3. The van der Waals surface area contributed by atoms with Crippen molar-refractivity contribution in [1.29, 1.82) is 0 Å². The second-order valence-corrected chi connectivity index (χ2v) is 6.30. The summed E-state index contributed by atoms with van der Waals surface area (Å²) in [6.45, 7) is 3.12. The van der Waals surface area contributed by atoms with Crippen LogP contribution in [0.2, 0.25) is 5.02 Å². The van der Waals surface area contributed by atoms with E-state index in [1.807, 2.05) is 29.7 Å². The molecule has 0 radical (unpaired) electrons. The molecular formula is C15H19ClN6O2S. The second kappa shape index (κ2) is 9.28. The van der Waals surface area contributed by atoms with Gasteiger partial charge in [-0.25, -0.2) is 4.79 Å². The summed E-state index contributed by atoms with van der Waals surface area (Å²) in [4.78, 5) is 22.8. The van der Waals surface area contributed by atoms with Crippen molar-refractivity contribution in [2.75, 3.05) is 18.1 Å². The van der Waals surface area contributed by atoms with Gasteiger partial charge in [0.25, 0.3) is 0 Å². The first-order chi connectivity index (χ1) is 12.0. The molecule has 2 rings (SSSR count). The zero-order valence-corrected chi connectivity index (χ0v) is 15.4. The van der Waals surface area contributed by atoms with Crippen LogP contribution in [0.15, 0.2) is 29.4 Å². The van der Waals surface area contributed by atoms with Gasteiger partial charge in [0.1, 0.15) is 0 Å². The number of aromatic nitrogens is 3. The molecule has 0 aliphatic carbocycles. The van der Waals surface area contributed by atoms with E-state index in [0.717, 1.165) is 11.5 Å². The van der Waals surface area contributed by atoms with Crippen molar-refractivity contribution in [2.45, 2.75) is 25.2 Å². The Balaban J connectivity index is 1.95. The van der Waals surface area contributed by atoms with Crippen LogP contribution in [0.3, 0.4) is 0 Å². The number of benzene rings is 1. The summed E-state index contributed by atoms with van der Waals surface area (Å²) in [5, 5.41) is 17.3. The molecule has 0 spiro atoms. The molecule has 3 amide bonds. The molecule has 8 nitrogen and oxygen atoms in total. The van der Waals surface area contributed by atoms with E-state index in [1.54, 1.807) is 6.07 Å². The van der Waals surface area contributed by atoms with Crippen LogP contribution in [0.4, 0.5) is 10.5 Å². The quantitative estimate of drug-likeness (QED) is 0.634. The summed E-state index contributed by atoms with van der Waals surface area (Å²) in [6, 6.07) is 6.88. The van der Waals surface area contributed by atoms with Crippen LogP contribution in [-0.2, 0) is 17.9 Å². The van der Waals surface area contributed by atoms with Crippen molar-refractivity contribution in [3.05, 3.63) is 35.1 Å². The number of carbonyl (C=O) groups is 2. The lowest BCUT2D eigenvalue weighted by molar-refractivity contribution is -0.117. The first-order valence-electron chi connectivity index (χ1n) is 7.59. The number of halogens is 1. The van der Waals surface area contributed by atoms with E-state index in [-0.39, 0.29) is 5.75 Å². The number of amides is 3. The topological polar surface area (TPSA) is 101 Å². The van der Waals surface area contributed by atoms with Gasteiger partial charge in [-0.05, 0) is 25.1 Å². The third-order valence-electron chi connectivity index (χ3n) is 3.20. The fourth-order valence-electron chi connectivity index (χ4n) is 2.01. The van der Waals surface area contributed by atoms with Gasteiger partial charge in [0.2, 0.25) is 5.91 Å². The van der Waals surface area contributed by atoms with Crippen molar-refractivity contribution in [3.63, 3.8) is 0 Å². The molecule has 0 fully saturated rings. The van der Waals surface area contributed by atoms with Crippen molar-refractivity contribution in [3.8, 4) is 0 Å². The second-order valence-electron chi connectivity index (χ2n) is 4.92. The summed E-state index contributed by atoms with van der Waals surface area (Å²) in [5.41, 5.74) is 0.886. The Labute approximate surface area is 154 Å². The molecule has 0 aliphatic heterocycles. The maximum atomic E-state index is 11.7. The molecule has 3 N–H and O–H groups in total. The normalized spacial score (nSPS) is 10.4. The fraction of sp³-hybridized carbons (Fsp3) is 0.333. The SMILES string of the molecule is CCn1c(CNc2cccc(Cl)c2)nnc1SCC(=O)NC(=O)NC. The van der Waals surface area contributed by atoms with Gasteiger partial charge in [0, 0.05) is 24.3 Å². The average Bonchev–Trinajstić information content (AvgIpc) is 3.00. The lowest BCUT2D eigenvalue weighted by Crippen LogP contribution is -2.38. The molecule has 134 valence electrons. The van der Waals surface area contributed by atoms with Gasteiger partial charge in [0.15, 0.2) is 11.0 Å². The molecule has 0 saturated heterocycles. The van der Waals surface area contributed by atoms with Crippen LogP contribution in [0.1, 0.15) is 12.7 Å². The first kappa shape index (κ1) is 19.1. The lowest BCUT2D eigenvalue weighted by Gasteiger charge is -2.09. The van der Waals surface area contributed by atoms with E-state index in [2.05, 4.69) is 26.1 Å². The Bertz CT molecular complexity index is 751. The number of anilines is 1. The van der Waals surface area contributed by atoms with Gasteiger partial charge in [-0.3, -0.25) is 10.1 Å². The number of rotatable bonds is 7. The van der Waals surface area contributed by atoms with E-state index >= 15 is 0 Å². The summed E-state index contributed by atoms with van der Waals surface area (Å²) in [5.74, 6) is 0.429. The van der Waals surface area contributed by atoms with E-state index in [0.29, 0.717) is 23.3 Å². The highest BCUT2D eigenvalue weighted by atomic mass is 35.5. The first-order valence-corrected chi connectivity index (χ1v) is 8.95. The number of carbonyl (C=O) groups excluding carboxylic acids is 2. The maximum absolute atomic E-state index is 11.7. The van der Waals surface area contributed by atoms with Gasteiger partial charge >= 0.3 is 6.03 Å². The van der Waals surface area contributed by atoms with E-state index in [9.17, 15) is 9.59 Å². The fourth-order valence-corrected chi connectivity index (χ4v) is 3.02. The standard InChI is InChI=1S/C15H19ClN6O2S/c1-3-22-12(8-18-11-6-4-5-10(16)7-11)20-21-15(22)25-9-13(23)19-14(24)17-2/h4-7,18H,3,8-9H2,1-2H3,(H2,17,19,23,24). The predicted octanol–water partition coefficient (Wildman–Crippen LogP) is 2.11. The molecule has 0 unspecified atom stereocenters. The Kier molecular flexibility index (Phi) is 7.08. The molecule has 2 aromatic rings. The van der Waals surface area contributed by atoms with Crippen LogP contribution in [-0.4, -0.2) is 39.5 Å². The Morgan fingerprint density at radius 3 is 2.80 bits per heavy atom. The molecule has 1 aromatic carbocycles. The van der Waals surface area contributed by atoms with E-state index in [4.69, 9.17) is 11.6 Å². The van der Waals surface area contributed by atoms with E-state index < -0.39 is 11.9 Å². The molecule has 25 heavy (non-hydrogen) atoms. The summed E-state index contributed by atoms with van der Waals surface area (Å²) in [6.07, 6.45) is 0. The molecule has 0 saturated carbocycles. The predicted molar refractivity (Wildman–Crippen MR) is 97.8 cm³/mol. The van der Waals surface area contributed by atoms with Crippen LogP contribution in [0, 0.1) is 0 Å². The number of imide groups is 1. The van der Waals surface area contributed by atoms with Gasteiger partial charge in [0.05, 0.1) is 12.3 Å². The van der Waals surface area contributed by atoms with Crippen molar-refractivity contribution in [1.82, 2.24) is 25.4 Å². The highest BCUT2D eigenvalue weighted by molar-refractivity contribution is 7.99. The molecular weight excluding hydrogens is 364 g/mol. The number of thioether (sulfide) groups is 1. The Morgan fingerprint density at radius 2 is 2.12 bits per heavy atom. The van der Waals surface area contributed by atoms with Crippen LogP contribution in [0.5, 0.6) is 0 Å². The Morgan fingerprint density at radius 1 is 1.32 bits per heavy atom. The average molecular weight is 383 g/mol. The van der Waals surface area contributed by atoms with Crippen LogP contribution < -0.4 is 16.0 Å². The van der Waals surface area contributed by atoms with Crippen molar-refractivity contribution < 1.29 is 9.59 Å². The zero-order valence-electron chi connectivity index (χ0n) is 13.9. The molecule has 0 aliphatic rings. The van der Waals surface area contributed by atoms with Gasteiger partial charge in [-0.1, -0.05) is 29.4 Å². The molecule has 1 heterocycles. The highest BCUT2D eigenvalue weighted by Crippen LogP contribution is 2.19. The van der Waals surface area contributed by atoms with Gasteiger partial charge < -0.3 is 15.2 Å². The van der Waals surface area contributed by atoms with Crippen LogP contribution >= 0.6 is 23.4 Å². The van der Waals surface area contributed by atoms with Gasteiger partial charge in [-0.15, -0.1) is 10.2 Å². The smallest absolute Gasteiger partial charge is 0.321 e. The van der Waals surface area contributed by atoms with Crippen LogP contribution in [0.25, 0.3) is 0 Å². The number of hydrogen-bond donors (Lipinski definition) is 3. The zero-order chi connectivity index (χ0) is 18.2. The minimum atomic E-state index is -0.533. The largest absolute Gasteiger partial charge is 0.378 e. The summed E-state index contributed by atoms with van der Waals surface area (Å²) >= 11 is 7.19. The number of urea groups is 1.